The Kier molecular flexibility index (Phi) is 5.02. The first kappa shape index (κ1) is 14.4. The molecular weight excluding hydrogens is 274 g/mol. The number of carbonyl (C=O) groups is 1. The van der Waals surface area contributed by atoms with Crippen molar-refractivity contribution in [3.63, 3.8) is 0 Å². The third-order valence-electron chi connectivity index (χ3n) is 2.96. The van der Waals surface area contributed by atoms with E-state index in [2.05, 4.69) is 5.32 Å². The number of methoxy groups -OCH3 is 1. The van der Waals surface area contributed by atoms with Crippen molar-refractivity contribution < 1.29 is 9.53 Å². The minimum Gasteiger partial charge on any atom is -0.496 e. The molecule has 0 heterocycles. The first-order chi connectivity index (χ1) is 9.70. The highest BCUT2D eigenvalue weighted by Crippen LogP contribution is 2.16. The van der Waals surface area contributed by atoms with Crippen LogP contribution in [-0.4, -0.2) is 19.6 Å². The molecule has 0 bridgehead atoms. The Hall–Kier alpha value is -2.00. The molecule has 3 nitrogen and oxygen atoms in total. The number of nitrogens with one attached hydrogen (secondary N) is 1. The van der Waals surface area contributed by atoms with Gasteiger partial charge in [-0.2, -0.15) is 0 Å². The molecule has 4 heteroatoms. The van der Waals surface area contributed by atoms with Crippen LogP contribution in [0.2, 0.25) is 5.02 Å². The average molecular weight is 290 g/mol. The van der Waals surface area contributed by atoms with E-state index < -0.39 is 0 Å². The molecule has 0 atom stereocenters. The lowest BCUT2D eigenvalue weighted by Gasteiger charge is -2.09. The molecule has 1 amide bonds. The van der Waals surface area contributed by atoms with Gasteiger partial charge in [0.25, 0.3) is 5.91 Å². The second-order valence-electron chi connectivity index (χ2n) is 4.33. The Balaban J connectivity index is 1.90. The third-order valence-corrected chi connectivity index (χ3v) is 3.22. The number of halogens is 1. The van der Waals surface area contributed by atoms with E-state index in [9.17, 15) is 4.79 Å². The van der Waals surface area contributed by atoms with Gasteiger partial charge in [0.15, 0.2) is 0 Å². The number of ether oxygens (including phenoxy) is 1. The fourth-order valence-corrected chi connectivity index (χ4v) is 2.02. The molecule has 104 valence electrons. The summed E-state index contributed by atoms with van der Waals surface area (Å²) in [5.41, 5.74) is 1.68. The van der Waals surface area contributed by atoms with Gasteiger partial charge < -0.3 is 10.1 Å². The summed E-state index contributed by atoms with van der Waals surface area (Å²) in [6.45, 7) is 0.568. The van der Waals surface area contributed by atoms with Gasteiger partial charge in [0.2, 0.25) is 0 Å². The maximum atomic E-state index is 12.1. The van der Waals surface area contributed by atoms with Crippen molar-refractivity contribution in [2.45, 2.75) is 6.42 Å². The zero-order valence-electron chi connectivity index (χ0n) is 11.2. The van der Waals surface area contributed by atoms with E-state index in [0.29, 0.717) is 22.9 Å². The van der Waals surface area contributed by atoms with Crippen LogP contribution in [0.1, 0.15) is 15.9 Å². The normalized spacial score (nSPS) is 10.1. The second kappa shape index (κ2) is 6.96. The molecule has 2 aromatic rings. The zero-order valence-corrected chi connectivity index (χ0v) is 12.0. The van der Waals surface area contributed by atoms with Crippen molar-refractivity contribution in [3.8, 4) is 5.75 Å². The first-order valence-corrected chi connectivity index (χ1v) is 6.74. The van der Waals surface area contributed by atoms with Crippen LogP contribution in [0.15, 0.2) is 48.5 Å². The van der Waals surface area contributed by atoms with E-state index in [1.54, 1.807) is 19.2 Å². The van der Waals surface area contributed by atoms with Crippen LogP contribution in [0, 0.1) is 0 Å². The Bertz CT molecular complexity index is 581. The van der Waals surface area contributed by atoms with E-state index in [1.807, 2.05) is 36.4 Å². The van der Waals surface area contributed by atoms with Crippen molar-refractivity contribution in [1.82, 2.24) is 5.32 Å². The number of rotatable bonds is 5. The second-order valence-corrected chi connectivity index (χ2v) is 4.77. The first-order valence-electron chi connectivity index (χ1n) is 6.36. The van der Waals surface area contributed by atoms with Crippen LogP contribution >= 0.6 is 11.6 Å². The summed E-state index contributed by atoms with van der Waals surface area (Å²) in [6, 6.07) is 14.8. The largest absolute Gasteiger partial charge is 0.496 e. The van der Waals surface area contributed by atoms with Crippen LogP contribution in [-0.2, 0) is 6.42 Å². The van der Waals surface area contributed by atoms with Gasteiger partial charge in [-0.15, -0.1) is 0 Å². The lowest BCUT2D eigenvalue weighted by molar-refractivity contribution is 0.0951. The van der Waals surface area contributed by atoms with E-state index in [0.717, 1.165) is 12.0 Å². The van der Waals surface area contributed by atoms with Crippen LogP contribution in [0.5, 0.6) is 5.75 Å². The molecule has 2 aromatic carbocycles. The molecule has 0 unspecified atom stereocenters. The molecule has 0 radical (unpaired) electrons. The number of benzene rings is 2. The molecule has 0 spiro atoms. The lowest BCUT2D eigenvalue weighted by atomic mass is 10.1. The summed E-state index contributed by atoms with van der Waals surface area (Å²) in [5, 5.41) is 3.60. The van der Waals surface area contributed by atoms with Gasteiger partial charge in [0, 0.05) is 11.6 Å². The smallest absolute Gasteiger partial charge is 0.255 e. The summed E-state index contributed by atoms with van der Waals surface area (Å²) in [7, 11) is 1.56. The molecule has 0 saturated heterocycles. The molecule has 0 aliphatic rings. The van der Waals surface area contributed by atoms with Gasteiger partial charge in [0.1, 0.15) is 5.75 Å². The van der Waals surface area contributed by atoms with Gasteiger partial charge in [-0.3, -0.25) is 4.79 Å². The fraction of sp³-hybridized carbons (Fsp3) is 0.188. The maximum Gasteiger partial charge on any atom is 0.255 e. The van der Waals surface area contributed by atoms with Crippen molar-refractivity contribution >= 4 is 17.5 Å². The number of amides is 1. The number of carbonyl (C=O) groups excluding carboxylic acids is 1. The maximum absolute atomic E-state index is 12.1. The molecule has 0 fully saturated rings. The Morgan fingerprint density at radius 2 is 1.85 bits per heavy atom. The van der Waals surface area contributed by atoms with E-state index in [-0.39, 0.29) is 5.91 Å². The summed E-state index contributed by atoms with van der Waals surface area (Å²) in [5.74, 6) is 0.452. The van der Waals surface area contributed by atoms with Crippen LogP contribution in [0.3, 0.4) is 0 Å². The summed E-state index contributed by atoms with van der Waals surface area (Å²) < 4.78 is 5.17. The van der Waals surface area contributed by atoms with Crippen molar-refractivity contribution in [2.75, 3.05) is 13.7 Å². The number of hydrogen-bond acceptors (Lipinski definition) is 2. The predicted molar refractivity (Wildman–Crippen MR) is 80.5 cm³/mol. The van der Waals surface area contributed by atoms with E-state index >= 15 is 0 Å². The fourth-order valence-electron chi connectivity index (χ4n) is 1.90. The molecule has 2 rings (SSSR count). The van der Waals surface area contributed by atoms with Gasteiger partial charge >= 0.3 is 0 Å². The predicted octanol–water partition coefficient (Wildman–Crippen LogP) is 3.32. The molecule has 1 N–H and O–H groups in total. The number of hydrogen-bond donors (Lipinski definition) is 1. The lowest BCUT2D eigenvalue weighted by Crippen LogP contribution is -2.26. The highest BCUT2D eigenvalue weighted by Gasteiger charge is 2.10. The summed E-state index contributed by atoms with van der Waals surface area (Å²) in [4.78, 5) is 12.1. The molecular formula is C16H16ClNO2. The van der Waals surface area contributed by atoms with Crippen molar-refractivity contribution in [3.05, 3.63) is 64.7 Å². The molecule has 20 heavy (non-hydrogen) atoms. The highest BCUT2D eigenvalue weighted by molar-refractivity contribution is 6.30. The zero-order chi connectivity index (χ0) is 14.4. The Labute approximate surface area is 123 Å². The third kappa shape index (κ3) is 3.75. The Morgan fingerprint density at radius 1 is 1.15 bits per heavy atom. The van der Waals surface area contributed by atoms with Gasteiger partial charge in [0.05, 0.1) is 12.7 Å². The average Bonchev–Trinajstić information content (AvgIpc) is 2.49. The monoisotopic (exact) mass is 289 g/mol. The standard InChI is InChI=1S/C16H16ClNO2/c1-20-15-5-3-2-4-14(15)16(19)18-11-10-12-6-8-13(17)9-7-12/h2-9H,10-11H2,1H3,(H,18,19). The van der Waals surface area contributed by atoms with Gasteiger partial charge in [-0.1, -0.05) is 35.9 Å². The van der Waals surface area contributed by atoms with E-state index in [1.165, 1.54) is 0 Å². The summed E-state index contributed by atoms with van der Waals surface area (Å²) >= 11 is 5.83. The molecule has 0 aromatic heterocycles. The SMILES string of the molecule is COc1ccccc1C(=O)NCCc1ccc(Cl)cc1. The van der Waals surface area contributed by atoms with E-state index in [4.69, 9.17) is 16.3 Å². The topological polar surface area (TPSA) is 38.3 Å². The highest BCUT2D eigenvalue weighted by atomic mass is 35.5. The van der Waals surface area contributed by atoms with Crippen LogP contribution < -0.4 is 10.1 Å². The summed E-state index contributed by atoms with van der Waals surface area (Å²) in [6.07, 6.45) is 0.762. The van der Waals surface area contributed by atoms with Crippen LogP contribution in [0.25, 0.3) is 0 Å². The Morgan fingerprint density at radius 3 is 2.55 bits per heavy atom. The minimum atomic E-state index is -0.128. The quantitative estimate of drug-likeness (QED) is 0.917. The number of para-hydroxylation sites is 1. The molecule has 0 saturated carbocycles. The van der Waals surface area contributed by atoms with Gasteiger partial charge in [-0.05, 0) is 36.2 Å². The van der Waals surface area contributed by atoms with Crippen LogP contribution in [0.4, 0.5) is 0 Å². The molecule has 0 aliphatic heterocycles. The molecule has 0 aliphatic carbocycles. The van der Waals surface area contributed by atoms with Gasteiger partial charge in [-0.25, -0.2) is 0 Å². The van der Waals surface area contributed by atoms with Crippen molar-refractivity contribution in [2.24, 2.45) is 0 Å². The van der Waals surface area contributed by atoms with Crippen molar-refractivity contribution in [1.29, 1.82) is 0 Å². The minimum absolute atomic E-state index is 0.128.